The van der Waals surface area contributed by atoms with Crippen molar-refractivity contribution in [3.8, 4) is 5.75 Å². The van der Waals surface area contributed by atoms with Crippen LogP contribution in [-0.4, -0.2) is 31.4 Å². The third kappa shape index (κ3) is 3.66. The topological polar surface area (TPSA) is 12.5 Å². The molecule has 0 bridgehead atoms. The molecule has 0 N–H and O–H groups in total. The van der Waals surface area contributed by atoms with E-state index < -0.39 is 0 Å². The van der Waals surface area contributed by atoms with E-state index in [0.717, 1.165) is 31.0 Å². The summed E-state index contributed by atoms with van der Waals surface area (Å²) in [6.45, 7) is 8.43. The van der Waals surface area contributed by atoms with Crippen molar-refractivity contribution < 1.29 is 4.74 Å². The average molecular weight is 267 g/mol. The highest BCUT2D eigenvalue weighted by atomic mass is 32.1. The van der Waals surface area contributed by atoms with Gasteiger partial charge in [-0.25, -0.2) is 0 Å². The van der Waals surface area contributed by atoms with Gasteiger partial charge in [-0.1, -0.05) is 6.07 Å². The Hall–Kier alpha value is -0.670. The molecule has 0 aliphatic heterocycles. The molecule has 0 aromatic heterocycles. The number of ether oxygens (including phenoxy) is 1. The second-order valence-electron chi connectivity index (χ2n) is 4.96. The predicted molar refractivity (Wildman–Crippen MR) is 82.0 cm³/mol. The molecule has 0 aliphatic carbocycles. The summed E-state index contributed by atoms with van der Waals surface area (Å²) in [5, 5.41) is 0. The Balaban J connectivity index is 2.97. The highest BCUT2D eigenvalue weighted by Crippen LogP contribution is 2.30. The molecule has 0 fully saturated rings. The summed E-state index contributed by atoms with van der Waals surface area (Å²) >= 11 is 4.26. The first kappa shape index (κ1) is 15.4. The molecule has 0 spiro atoms. The van der Waals surface area contributed by atoms with Gasteiger partial charge < -0.3 is 9.64 Å². The molecular weight excluding hydrogens is 242 g/mol. The van der Waals surface area contributed by atoms with Gasteiger partial charge in [0.2, 0.25) is 0 Å². The Labute approximate surface area is 117 Å². The van der Waals surface area contributed by atoms with E-state index in [2.05, 4.69) is 51.4 Å². The number of nitrogens with zero attached hydrogens (tertiary/aromatic N) is 1. The number of methoxy groups -OCH3 is 1. The van der Waals surface area contributed by atoms with Crippen molar-refractivity contribution >= 4 is 12.6 Å². The number of thiol groups is 1. The van der Waals surface area contributed by atoms with Crippen LogP contribution in [-0.2, 0) is 6.54 Å². The maximum atomic E-state index is 5.60. The summed E-state index contributed by atoms with van der Waals surface area (Å²) in [7, 11) is 3.91. The molecule has 3 heteroatoms. The maximum absolute atomic E-state index is 5.60. The van der Waals surface area contributed by atoms with Crippen LogP contribution in [0.15, 0.2) is 6.07 Å². The first-order valence-corrected chi connectivity index (χ1v) is 7.07. The molecular formula is C15H25NOS. The lowest BCUT2D eigenvalue weighted by atomic mass is 9.98. The van der Waals surface area contributed by atoms with Crippen molar-refractivity contribution in [2.45, 2.75) is 33.7 Å². The zero-order valence-corrected chi connectivity index (χ0v) is 13.1. The minimum absolute atomic E-state index is 0.934. The third-order valence-corrected chi connectivity index (χ3v) is 3.76. The molecule has 0 saturated carbocycles. The summed E-state index contributed by atoms with van der Waals surface area (Å²) in [6, 6.07) is 2.25. The van der Waals surface area contributed by atoms with E-state index in [1.807, 2.05) is 0 Å². The zero-order valence-electron chi connectivity index (χ0n) is 12.2. The van der Waals surface area contributed by atoms with E-state index in [4.69, 9.17) is 4.74 Å². The Morgan fingerprint density at radius 2 is 1.89 bits per heavy atom. The molecule has 0 unspecified atom stereocenters. The molecule has 18 heavy (non-hydrogen) atoms. The lowest BCUT2D eigenvalue weighted by molar-refractivity contribution is 0.317. The van der Waals surface area contributed by atoms with Crippen LogP contribution in [0.5, 0.6) is 5.75 Å². The first-order valence-electron chi connectivity index (χ1n) is 6.44. The van der Waals surface area contributed by atoms with Crippen LogP contribution in [0.2, 0.25) is 0 Å². The molecule has 1 aromatic carbocycles. The van der Waals surface area contributed by atoms with Crippen molar-refractivity contribution in [2.75, 3.05) is 26.5 Å². The monoisotopic (exact) mass is 267 g/mol. The Kier molecular flexibility index (Phi) is 6.03. The molecule has 0 heterocycles. The van der Waals surface area contributed by atoms with Gasteiger partial charge in [0, 0.05) is 12.1 Å². The number of rotatable bonds is 6. The van der Waals surface area contributed by atoms with Crippen LogP contribution < -0.4 is 4.74 Å². The standard InChI is InChI=1S/C15H25NOS/c1-11-9-12(2)14(15(17-5)13(11)3)10-16(4)7-6-8-18/h9,18H,6-8,10H2,1-5H3. The highest BCUT2D eigenvalue weighted by Gasteiger charge is 2.13. The number of benzene rings is 1. The third-order valence-electron chi connectivity index (χ3n) is 3.45. The summed E-state index contributed by atoms with van der Waals surface area (Å²) < 4.78 is 5.60. The van der Waals surface area contributed by atoms with Crippen molar-refractivity contribution in [3.63, 3.8) is 0 Å². The van der Waals surface area contributed by atoms with Crippen LogP contribution in [0.25, 0.3) is 0 Å². The number of hydrogen-bond donors (Lipinski definition) is 1. The number of aryl methyl sites for hydroxylation is 2. The van der Waals surface area contributed by atoms with Crippen LogP contribution in [0.1, 0.15) is 28.7 Å². The molecule has 0 aliphatic rings. The fourth-order valence-corrected chi connectivity index (χ4v) is 2.41. The number of hydrogen-bond acceptors (Lipinski definition) is 3. The largest absolute Gasteiger partial charge is 0.496 e. The molecule has 0 radical (unpaired) electrons. The van der Waals surface area contributed by atoms with Crippen molar-refractivity contribution in [3.05, 3.63) is 28.3 Å². The molecule has 102 valence electrons. The van der Waals surface area contributed by atoms with E-state index in [1.54, 1.807) is 7.11 Å². The Morgan fingerprint density at radius 1 is 1.22 bits per heavy atom. The smallest absolute Gasteiger partial charge is 0.126 e. The van der Waals surface area contributed by atoms with Gasteiger partial charge in [-0.15, -0.1) is 0 Å². The van der Waals surface area contributed by atoms with E-state index in [0.29, 0.717) is 0 Å². The molecule has 1 aromatic rings. The first-order chi connectivity index (χ1) is 8.51. The van der Waals surface area contributed by atoms with Crippen molar-refractivity contribution in [1.29, 1.82) is 0 Å². The lowest BCUT2D eigenvalue weighted by Crippen LogP contribution is -2.20. The summed E-state index contributed by atoms with van der Waals surface area (Å²) in [4.78, 5) is 2.33. The zero-order chi connectivity index (χ0) is 13.7. The SMILES string of the molecule is COc1c(C)c(C)cc(C)c1CN(C)CCCS. The van der Waals surface area contributed by atoms with Crippen LogP contribution >= 0.6 is 12.6 Å². The normalized spacial score (nSPS) is 11.1. The second kappa shape index (κ2) is 7.05. The molecule has 2 nitrogen and oxygen atoms in total. The van der Waals surface area contributed by atoms with E-state index >= 15 is 0 Å². The lowest BCUT2D eigenvalue weighted by Gasteiger charge is -2.22. The van der Waals surface area contributed by atoms with Crippen LogP contribution in [0.3, 0.4) is 0 Å². The van der Waals surface area contributed by atoms with Crippen molar-refractivity contribution in [1.82, 2.24) is 4.90 Å². The van der Waals surface area contributed by atoms with Gasteiger partial charge in [-0.3, -0.25) is 0 Å². The molecule has 1 rings (SSSR count). The molecule has 0 atom stereocenters. The van der Waals surface area contributed by atoms with Crippen LogP contribution in [0, 0.1) is 20.8 Å². The fourth-order valence-electron chi connectivity index (χ4n) is 2.27. The van der Waals surface area contributed by atoms with Crippen LogP contribution in [0.4, 0.5) is 0 Å². The van der Waals surface area contributed by atoms with Crippen molar-refractivity contribution in [2.24, 2.45) is 0 Å². The van der Waals surface area contributed by atoms with Gasteiger partial charge >= 0.3 is 0 Å². The summed E-state index contributed by atoms with van der Waals surface area (Å²) in [5.41, 5.74) is 5.17. The highest BCUT2D eigenvalue weighted by molar-refractivity contribution is 7.80. The second-order valence-corrected chi connectivity index (χ2v) is 5.41. The minimum atomic E-state index is 0.934. The summed E-state index contributed by atoms with van der Waals surface area (Å²) in [5.74, 6) is 1.98. The predicted octanol–water partition coefficient (Wildman–Crippen LogP) is 3.37. The fraction of sp³-hybridized carbons (Fsp3) is 0.600. The van der Waals surface area contributed by atoms with E-state index in [1.165, 1.54) is 22.3 Å². The minimum Gasteiger partial charge on any atom is -0.496 e. The Bertz CT molecular complexity index is 404. The Morgan fingerprint density at radius 3 is 2.44 bits per heavy atom. The van der Waals surface area contributed by atoms with Gasteiger partial charge in [-0.05, 0) is 63.2 Å². The quantitative estimate of drug-likeness (QED) is 0.793. The van der Waals surface area contributed by atoms with Gasteiger partial charge in [-0.2, -0.15) is 12.6 Å². The van der Waals surface area contributed by atoms with Gasteiger partial charge in [0.05, 0.1) is 7.11 Å². The van der Waals surface area contributed by atoms with Gasteiger partial charge in [0.1, 0.15) is 5.75 Å². The maximum Gasteiger partial charge on any atom is 0.126 e. The van der Waals surface area contributed by atoms with E-state index in [-0.39, 0.29) is 0 Å². The summed E-state index contributed by atoms with van der Waals surface area (Å²) in [6.07, 6.45) is 1.12. The van der Waals surface area contributed by atoms with Gasteiger partial charge in [0.25, 0.3) is 0 Å². The van der Waals surface area contributed by atoms with Gasteiger partial charge in [0.15, 0.2) is 0 Å². The average Bonchev–Trinajstić information content (AvgIpc) is 2.34. The van der Waals surface area contributed by atoms with E-state index in [9.17, 15) is 0 Å². The molecule has 0 amide bonds. The molecule has 0 saturated heterocycles.